The first-order chi connectivity index (χ1) is 14.1. The Balaban J connectivity index is 1.61. The van der Waals surface area contributed by atoms with Crippen LogP contribution < -0.4 is 14.8 Å². The van der Waals surface area contributed by atoms with Crippen molar-refractivity contribution in [1.82, 2.24) is 10.2 Å². The maximum Gasteiger partial charge on any atom is 0.252 e. The molecule has 3 aliphatic heterocycles. The minimum absolute atomic E-state index is 0.0362. The van der Waals surface area contributed by atoms with Crippen molar-refractivity contribution < 1.29 is 23.8 Å². The van der Waals surface area contributed by atoms with E-state index in [1.807, 2.05) is 30.0 Å². The minimum Gasteiger partial charge on any atom is -0.454 e. The number of ether oxygens (including phenoxy) is 3. The first kappa shape index (κ1) is 18.2. The number of rotatable bonds is 2. The highest BCUT2D eigenvalue weighted by atomic mass is 16.7. The van der Waals surface area contributed by atoms with E-state index >= 15 is 0 Å². The van der Waals surface area contributed by atoms with E-state index < -0.39 is 5.92 Å². The summed E-state index contributed by atoms with van der Waals surface area (Å²) in [7, 11) is 0. The molecule has 7 heteroatoms. The molecule has 1 N–H and O–H groups in total. The average Bonchev–Trinajstić information content (AvgIpc) is 3.21. The molecule has 0 radical (unpaired) electrons. The quantitative estimate of drug-likeness (QED) is 0.826. The lowest BCUT2D eigenvalue weighted by atomic mass is 9.74. The summed E-state index contributed by atoms with van der Waals surface area (Å²) >= 11 is 0. The zero-order chi connectivity index (χ0) is 20.0. The largest absolute Gasteiger partial charge is 0.454 e. The standard InChI is InChI=1S/C22H24N2O5/c1-13-19(22(26)24-7-9-27-10-8-24)20(21-15(23-13)3-2-4-16(21)25)14-5-6-17-18(11-14)29-12-28-17/h5-6,11,20,23H,2-4,7-10,12H2,1H3/t20-/m0/s1. The normalized spacial score (nSPS) is 23.8. The monoisotopic (exact) mass is 396 g/mol. The fourth-order valence-corrected chi connectivity index (χ4v) is 4.63. The molecule has 29 heavy (non-hydrogen) atoms. The van der Waals surface area contributed by atoms with Gasteiger partial charge in [0.1, 0.15) is 0 Å². The van der Waals surface area contributed by atoms with Crippen LogP contribution in [0.1, 0.15) is 37.7 Å². The third-order valence-electron chi connectivity index (χ3n) is 6.03. The van der Waals surface area contributed by atoms with E-state index in [-0.39, 0.29) is 18.5 Å². The Kier molecular flexibility index (Phi) is 4.54. The van der Waals surface area contributed by atoms with E-state index in [1.54, 1.807) is 0 Å². The van der Waals surface area contributed by atoms with Gasteiger partial charge in [-0.1, -0.05) is 6.07 Å². The maximum atomic E-state index is 13.5. The topological polar surface area (TPSA) is 77.1 Å². The van der Waals surface area contributed by atoms with E-state index in [9.17, 15) is 9.59 Å². The highest BCUT2D eigenvalue weighted by molar-refractivity contribution is 6.05. The van der Waals surface area contributed by atoms with Gasteiger partial charge in [0.25, 0.3) is 5.91 Å². The lowest BCUT2D eigenvalue weighted by molar-refractivity contribution is -0.131. The summed E-state index contributed by atoms with van der Waals surface area (Å²) in [6.45, 7) is 4.30. The fraction of sp³-hybridized carbons (Fsp3) is 0.455. The van der Waals surface area contributed by atoms with Gasteiger partial charge in [0, 0.05) is 48.0 Å². The molecule has 1 fully saturated rings. The zero-order valence-electron chi connectivity index (χ0n) is 16.5. The Morgan fingerprint density at radius 1 is 1.14 bits per heavy atom. The van der Waals surface area contributed by atoms with Crippen LogP contribution >= 0.6 is 0 Å². The van der Waals surface area contributed by atoms with Crippen molar-refractivity contribution in [2.45, 2.75) is 32.1 Å². The molecule has 1 amide bonds. The molecule has 7 nitrogen and oxygen atoms in total. The molecule has 0 bridgehead atoms. The molecule has 0 aromatic heterocycles. The van der Waals surface area contributed by atoms with Crippen molar-refractivity contribution in [3.63, 3.8) is 0 Å². The van der Waals surface area contributed by atoms with Gasteiger partial charge < -0.3 is 24.4 Å². The number of benzene rings is 1. The number of fused-ring (bicyclic) bond motifs is 1. The zero-order valence-corrected chi connectivity index (χ0v) is 16.5. The van der Waals surface area contributed by atoms with E-state index in [2.05, 4.69) is 5.32 Å². The van der Waals surface area contributed by atoms with Gasteiger partial charge in [-0.3, -0.25) is 9.59 Å². The van der Waals surface area contributed by atoms with Gasteiger partial charge in [0.2, 0.25) is 6.79 Å². The summed E-state index contributed by atoms with van der Waals surface area (Å²) in [4.78, 5) is 28.3. The van der Waals surface area contributed by atoms with Crippen molar-refractivity contribution in [3.05, 3.63) is 46.3 Å². The summed E-state index contributed by atoms with van der Waals surface area (Å²) in [5.41, 5.74) is 4.00. The number of nitrogens with zero attached hydrogens (tertiary/aromatic N) is 1. The van der Waals surface area contributed by atoms with Crippen LogP contribution in [0.3, 0.4) is 0 Å². The lowest BCUT2D eigenvalue weighted by Gasteiger charge is -2.37. The number of ketones is 1. The van der Waals surface area contributed by atoms with Crippen molar-refractivity contribution >= 4 is 11.7 Å². The molecule has 1 aromatic rings. The molecule has 4 aliphatic rings. The molecule has 1 saturated heterocycles. The first-order valence-corrected chi connectivity index (χ1v) is 10.1. The van der Waals surface area contributed by atoms with E-state index in [0.29, 0.717) is 49.8 Å². The van der Waals surface area contributed by atoms with Gasteiger partial charge in [-0.15, -0.1) is 0 Å². The number of morpholine rings is 1. The summed E-state index contributed by atoms with van der Waals surface area (Å²) < 4.78 is 16.4. The summed E-state index contributed by atoms with van der Waals surface area (Å²) in [6, 6.07) is 5.71. The number of carbonyl (C=O) groups is 2. The molecular formula is C22H24N2O5. The predicted octanol–water partition coefficient (Wildman–Crippen LogP) is 2.24. The van der Waals surface area contributed by atoms with Crippen LogP contribution in [0, 0.1) is 0 Å². The summed E-state index contributed by atoms with van der Waals surface area (Å²) in [6.07, 6.45) is 2.16. The Labute approximate surface area is 169 Å². The second-order valence-corrected chi connectivity index (χ2v) is 7.78. The van der Waals surface area contributed by atoms with Crippen molar-refractivity contribution in [2.24, 2.45) is 0 Å². The molecule has 0 spiro atoms. The van der Waals surface area contributed by atoms with Gasteiger partial charge in [-0.2, -0.15) is 0 Å². The molecule has 0 saturated carbocycles. The van der Waals surface area contributed by atoms with Crippen LogP contribution in [0.2, 0.25) is 0 Å². The number of hydrogen-bond donors (Lipinski definition) is 1. The van der Waals surface area contributed by atoms with Gasteiger partial charge >= 0.3 is 0 Å². The molecule has 152 valence electrons. The van der Waals surface area contributed by atoms with Gasteiger partial charge in [0.05, 0.1) is 13.2 Å². The Morgan fingerprint density at radius 2 is 1.93 bits per heavy atom. The number of amides is 1. The number of hydrogen-bond acceptors (Lipinski definition) is 6. The van der Waals surface area contributed by atoms with Crippen LogP contribution in [-0.4, -0.2) is 49.7 Å². The van der Waals surface area contributed by atoms with Gasteiger partial charge in [-0.05, 0) is 37.5 Å². The van der Waals surface area contributed by atoms with E-state index in [4.69, 9.17) is 14.2 Å². The third-order valence-corrected chi connectivity index (χ3v) is 6.03. The Hall–Kier alpha value is -2.80. The van der Waals surface area contributed by atoms with E-state index in [1.165, 1.54) is 0 Å². The average molecular weight is 396 g/mol. The van der Waals surface area contributed by atoms with Crippen LogP contribution in [0.25, 0.3) is 0 Å². The van der Waals surface area contributed by atoms with Gasteiger partial charge in [-0.25, -0.2) is 0 Å². The molecule has 5 rings (SSSR count). The van der Waals surface area contributed by atoms with Gasteiger partial charge in [0.15, 0.2) is 17.3 Å². The summed E-state index contributed by atoms with van der Waals surface area (Å²) in [5, 5.41) is 3.37. The molecule has 0 unspecified atom stereocenters. The lowest BCUT2D eigenvalue weighted by Crippen LogP contribution is -2.44. The molecular weight excluding hydrogens is 372 g/mol. The van der Waals surface area contributed by atoms with Crippen molar-refractivity contribution in [2.75, 3.05) is 33.1 Å². The number of Topliss-reactive ketones (excluding diaryl/α,β-unsaturated/α-hetero) is 1. The Morgan fingerprint density at radius 3 is 2.76 bits per heavy atom. The highest BCUT2D eigenvalue weighted by Crippen LogP contribution is 2.45. The second-order valence-electron chi connectivity index (χ2n) is 7.78. The first-order valence-electron chi connectivity index (χ1n) is 10.1. The highest BCUT2D eigenvalue weighted by Gasteiger charge is 2.40. The van der Waals surface area contributed by atoms with Crippen molar-refractivity contribution in [3.8, 4) is 11.5 Å². The fourth-order valence-electron chi connectivity index (χ4n) is 4.63. The smallest absolute Gasteiger partial charge is 0.252 e. The predicted molar refractivity (Wildman–Crippen MR) is 104 cm³/mol. The second kappa shape index (κ2) is 7.22. The molecule has 1 aliphatic carbocycles. The molecule has 3 heterocycles. The molecule has 1 atom stereocenters. The SMILES string of the molecule is CC1=C(C(=O)N2CCOCC2)[C@H](c2ccc3c(c2)OCO3)C2=C(CCCC2=O)N1. The Bertz CT molecular complexity index is 943. The number of allylic oxidation sites excluding steroid dienone is 3. The van der Waals surface area contributed by atoms with Crippen molar-refractivity contribution in [1.29, 1.82) is 0 Å². The van der Waals surface area contributed by atoms with Crippen LogP contribution in [0.15, 0.2) is 40.7 Å². The van der Waals surface area contributed by atoms with Crippen LogP contribution in [0.4, 0.5) is 0 Å². The third kappa shape index (κ3) is 3.09. The number of nitrogens with one attached hydrogen (secondary N) is 1. The number of dihydropyridines is 1. The molecule has 1 aromatic carbocycles. The maximum absolute atomic E-state index is 13.5. The summed E-state index contributed by atoms with van der Waals surface area (Å²) in [5.74, 6) is 1.02. The van der Waals surface area contributed by atoms with E-state index in [0.717, 1.165) is 35.4 Å². The number of carbonyl (C=O) groups excluding carboxylic acids is 2. The van der Waals surface area contributed by atoms with Crippen LogP contribution in [0.5, 0.6) is 11.5 Å². The minimum atomic E-state index is -0.399. The van der Waals surface area contributed by atoms with Crippen LogP contribution in [-0.2, 0) is 14.3 Å².